The molecule has 5 rings (SSSR count). The summed E-state index contributed by atoms with van der Waals surface area (Å²) in [6, 6.07) is 16.8. The first-order valence-corrected chi connectivity index (χ1v) is 12.8. The van der Waals surface area contributed by atoms with Gasteiger partial charge in [0.05, 0.1) is 6.10 Å². The maximum atomic E-state index is 9.10. The molecule has 1 unspecified atom stereocenters. The summed E-state index contributed by atoms with van der Waals surface area (Å²) in [5, 5.41) is 15.5. The molecule has 1 fully saturated rings. The van der Waals surface area contributed by atoms with Gasteiger partial charge < -0.3 is 24.4 Å². The van der Waals surface area contributed by atoms with Crippen LogP contribution >= 0.6 is 27.5 Å². The minimum Gasteiger partial charge on any atom is -0.473 e. The number of aromatic nitrogens is 2. The second kappa shape index (κ2) is 11.6. The van der Waals surface area contributed by atoms with Crippen LogP contribution in [0.15, 0.2) is 53.0 Å². The van der Waals surface area contributed by atoms with Gasteiger partial charge in [0.15, 0.2) is 0 Å². The highest BCUT2D eigenvalue weighted by Gasteiger charge is 2.32. The number of imidazole rings is 1. The summed E-state index contributed by atoms with van der Waals surface area (Å²) in [5.41, 5.74) is 4.40. The number of carboxylic acid groups (broad SMARTS) is 2. The van der Waals surface area contributed by atoms with E-state index in [0.29, 0.717) is 5.15 Å². The molecule has 3 heterocycles. The fourth-order valence-electron chi connectivity index (χ4n) is 4.49. The first-order chi connectivity index (χ1) is 17.2. The summed E-state index contributed by atoms with van der Waals surface area (Å²) < 4.78 is 9.95. The number of hydrogen-bond acceptors (Lipinski definition) is 5. The molecule has 1 atom stereocenters. The lowest BCUT2D eigenvalue weighted by Crippen LogP contribution is -2.35. The Morgan fingerprint density at radius 2 is 1.67 bits per heavy atom. The first kappa shape index (κ1) is 26.3. The van der Waals surface area contributed by atoms with E-state index < -0.39 is 11.9 Å². The summed E-state index contributed by atoms with van der Waals surface area (Å²) in [4.78, 5) is 25.6. The largest absolute Gasteiger partial charge is 0.473 e. The molecule has 1 aromatic heterocycles. The van der Waals surface area contributed by atoms with E-state index >= 15 is 0 Å². The van der Waals surface area contributed by atoms with Gasteiger partial charge in [-0.3, -0.25) is 0 Å². The third kappa shape index (κ3) is 5.98. The summed E-state index contributed by atoms with van der Waals surface area (Å²) in [7, 11) is 2.17. The molecular formula is C26H27BrClN3O5. The van der Waals surface area contributed by atoms with Crippen molar-refractivity contribution in [3.63, 3.8) is 0 Å². The van der Waals surface area contributed by atoms with Gasteiger partial charge in [-0.1, -0.05) is 63.9 Å². The van der Waals surface area contributed by atoms with Crippen molar-refractivity contribution in [2.75, 3.05) is 20.1 Å². The molecule has 10 heteroatoms. The molecule has 190 valence electrons. The van der Waals surface area contributed by atoms with Gasteiger partial charge in [-0.25, -0.2) is 14.6 Å². The van der Waals surface area contributed by atoms with Crippen LogP contribution in [0.2, 0.25) is 5.15 Å². The van der Waals surface area contributed by atoms with Gasteiger partial charge in [0, 0.05) is 29.7 Å². The highest BCUT2D eigenvalue weighted by Crippen LogP contribution is 2.39. The van der Waals surface area contributed by atoms with Gasteiger partial charge in [-0.05, 0) is 49.6 Å². The van der Waals surface area contributed by atoms with Gasteiger partial charge in [0.2, 0.25) is 0 Å². The molecule has 0 radical (unpaired) electrons. The molecule has 3 aromatic rings. The van der Waals surface area contributed by atoms with E-state index in [2.05, 4.69) is 68.8 Å². The Hall–Kier alpha value is -2.72. The smallest absolute Gasteiger partial charge is 0.414 e. The average molecular weight is 577 g/mol. The summed E-state index contributed by atoms with van der Waals surface area (Å²) in [5.74, 6) is -2.73. The maximum absolute atomic E-state index is 9.10. The molecule has 0 amide bonds. The molecule has 0 aliphatic carbocycles. The molecule has 0 spiro atoms. The molecule has 36 heavy (non-hydrogen) atoms. The van der Waals surface area contributed by atoms with Crippen molar-refractivity contribution in [1.82, 2.24) is 14.5 Å². The van der Waals surface area contributed by atoms with Crippen LogP contribution in [0.25, 0.3) is 11.3 Å². The number of rotatable bonds is 3. The maximum Gasteiger partial charge on any atom is 0.414 e. The van der Waals surface area contributed by atoms with Gasteiger partial charge >= 0.3 is 11.9 Å². The number of likely N-dealkylation sites (tertiary alicyclic amines) is 1. The van der Waals surface area contributed by atoms with E-state index in [-0.39, 0.29) is 12.2 Å². The minimum atomic E-state index is -1.82. The van der Waals surface area contributed by atoms with Crippen LogP contribution in [0.4, 0.5) is 0 Å². The number of aryl methyl sites for hydroxylation is 1. The molecule has 2 aliphatic heterocycles. The van der Waals surface area contributed by atoms with E-state index in [0.717, 1.165) is 60.5 Å². The van der Waals surface area contributed by atoms with Gasteiger partial charge in [-0.15, -0.1) is 0 Å². The molecule has 2 aromatic carbocycles. The van der Waals surface area contributed by atoms with Crippen molar-refractivity contribution in [2.24, 2.45) is 0 Å². The topological polar surface area (TPSA) is 105 Å². The highest BCUT2D eigenvalue weighted by molar-refractivity contribution is 9.10. The molecule has 1 saturated heterocycles. The molecule has 8 nitrogen and oxygen atoms in total. The Morgan fingerprint density at radius 1 is 1.03 bits per heavy atom. The number of piperidine rings is 1. The Bertz CT molecular complexity index is 1230. The van der Waals surface area contributed by atoms with Gasteiger partial charge in [-0.2, -0.15) is 0 Å². The predicted octanol–water partition coefficient (Wildman–Crippen LogP) is 4.88. The van der Waals surface area contributed by atoms with Crippen LogP contribution in [0.1, 0.15) is 35.9 Å². The number of carboxylic acids is 2. The Morgan fingerprint density at radius 3 is 2.31 bits per heavy atom. The standard InChI is InChI=1S/C24H25BrClN3O.C2H2O4/c1-28-13-11-19(12-14-28)30-22-20-5-3-2-4-16(20)10-15-29-23(26)21(27-24(22)29)17-6-8-18(25)9-7-17;3-1(4)2(5)6/h2-9,19,22H,10-15H2,1H3;(H,3,4)(H,5,6). The van der Waals surface area contributed by atoms with Crippen LogP contribution in [0, 0.1) is 0 Å². The van der Waals surface area contributed by atoms with Crippen LogP contribution in [-0.2, 0) is 27.3 Å². The van der Waals surface area contributed by atoms with Crippen LogP contribution in [0.5, 0.6) is 0 Å². The van der Waals surface area contributed by atoms with Crippen molar-refractivity contribution in [2.45, 2.75) is 38.0 Å². The van der Waals surface area contributed by atoms with Crippen molar-refractivity contribution < 1.29 is 24.5 Å². The zero-order valence-corrected chi connectivity index (χ0v) is 22.1. The lowest BCUT2D eigenvalue weighted by Gasteiger charge is -2.32. The lowest BCUT2D eigenvalue weighted by atomic mass is 10.00. The predicted molar refractivity (Wildman–Crippen MR) is 139 cm³/mol. The van der Waals surface area contributed by atoms with Crippen molar-refractivity contribution in [1.29, 1.82) is 0 Å². The van der Waals surface area contributed by atoms with Gasteiger partial charge in [0.25, 0.3) is 0 Å². The summed E-state index contributed by atoms with van der Waals surface area (Å²) in [6.07, 6.45) is 3.05. The third-order valence-corrected chi connectivity index (χ3v) is 7.32. The van der Waals surface area contributed by atoms with Crippen molar-refractivity contribution >= 4 is 39.5 Å². The molecule has 2 N–H and O–H groups in total. The molecule has 0 saturated carbocycles. The number of benzene rings is 2. The molecule has 0 bridgehead atoms. The van der Waals surface area contributed by atoms with E-state index in [1.807, 2.05) is 12.1 Å². The number of aliphatic carboxylic acids is 2. The number of halogens is 2. The molecule has 2 aliphatic rings. The zero-order valence-electron chi connectivity index (χ0n) is 19.7. The highest BCUT2D eigenvalue weighted by atomic mass is 79.9. The Kier molecular flexibility index (Phi) is 8.46. The zero-order chi connectivity index (χ0) is 25.8. The van der Waals surface area contributed by atoms with E-state index in [9.17, 15) is 0 Å². The second-order valence-electron chi connectivity index (χ2n) is 8.85. The Labute approximate surface area is 222 Å². The number of fused-ring (bicyclic) bond motifs is 2. The fourth-order valence-corrected chi connectivity index (χ4v) is 5.08. The number of carbonyl (C=O) groups is 2. The minimum absolute atomic E-state index is 0.196. The fraction of sp³-hybridized carbons (Fsp3) is 0.346. The number of hydrogen-bond donors (Lipinski definition) is 2. The number of nitrogens with zero attached hydrogens (tertiary/aromatic N) is 3. The average Bonchev–Trinajstić information content (AvgIpc) is 3.10. The molecular weight excluding hydrogens is 550 g/mol. The Balaban J connectivity index is 0.000000455. The number of ether oxygens (including phenoxy) is 1. The normalized spacial score (nSPS) is 17.8. The van der Waals surface area contributed by atoms with Gasteiger partial charge in [0.1, 0.15) is 22.8 Å². The van der Waals surface area contributed by atoms with Crippen LogP contribution in [0.3, 0.4) is 0 Å². The second-order valence-corrected chi connectivity index (χ2v) is 10.1. The van der Waals surface area contributed by atoms with E-state index in [1.54, 1.807) is 0 Å². The van der Waals surface area contributed by atoms with Crippen LogP contribution < -0.4 is 0 Å². The van der Waals surface area contributed by atoms with Crippen molar-refractivity contribution in [3.05, 3.63) is 75.1 Å². The third-order valence-electron chi connectivity index (χ3n) is 6.41. The SMILES string of the molecule is CN1CCC(OC2c3ccccc3CCn3c2nc(-c2ccc(Br)cc2)c3Cl)CC1.O=C(O)C(=O)O. The van der Waals surface area contributed by atoms with Crippen LogP contribution in [-0.4, -0.2) is 62.8 Å². The lowest BCUT2D eigenvalue weighted by molar-refractivity contribution is -0.159. The van der Waals surface area contributed by atoms with E-state index in [4.69, 9.17) is 41.1 Å². The quantitative estimate of drug-likeness (QED) is 0.428. The first-order valence-electron chi connectivity index (χ1n) is 11.6. The monoisotopic (exact) mass is 575 g/mol. The summed E-state index contributed by atoms with van der Waals surface area (Å²) >= 11 is 10.4. The van der Waals surface area contributed by atoms with E-state index in [1.165, 1.54) is 11.1 Å². The summed E-state index contributed by atoms with van der Waals surface area (Å²) in [6.45, 7) is 2.94. The van der Waals surface area contributed by atoms with Crippen molar-refractivity contribution in [3.8, 4) is 11.3 Å².